The van der Waals surface area contributed by atoms with Crippen LogP contribution < -0.4 is 5.32 Å². The zero-order valence-corrected chi connectivity index (χ0v) is 13.5. The summed E-state index contributed by atoms with van der Waals surface area (Å²) >= 11 is 1.57. The van der Waals surface area contributed by atoms with Crippen molar-refractivity contribution in [2.75, 3.05) is 11.9 Å². The molecule has 2 aromatic rings. The number of aryl methyl sites for hydroxylation is 1. The van der Waals surface area contributed by atoms with Crippen LogP contribution in [0.5, 0.6) is 0 Å². The van der Waals surface area contributed by atoms with Crippen molar-refractivity contribution < 1.29 is 0 Å². The third-order valence-electron chi connectivity index (χ3n) is 3.82. The lowest BCUT2D eigenvalue weighted by atomic mass is 10.1. The van der Waals surface area contributed by atoms with Crippen molar-refractivity contribution in [3.05, 3.63) is 29.2 Å². The first-order chi connectivity index (χ1) is 10.1. The Kier molecular flexibility index (Phi) is 4.17. The van der Waals surface area contributed by atoms with Gasteiger partial charge in [-0.05, 0) is 40.2 Å². The van der Waals surface area contributed by atoms with Gasteiger partial charge in [0, 0.05) is 23.7 Å². The molecule has 3 rings (SSSR count). The van der Waals surface area contributed by atoms with Crippen molar-refractivity contribution in [3.8, 4) is 0 Å². The molecule has 21 heavy (non-hydrogen) atoms. The van der Waals surface area contributed by atoms with Crippen molar-refractivity contribution in [2.24, 2.45) is 0 Å². The maximum atomic E-state index is 4.67. The van der Waals surface area contributed by atoms with Crippen LogP contribution in [0.2, 0.25) is 0 Å². The van der Waals surface area contributed by atoms with Crippen LogP contribution in [0.15, 0.2) is 17.6 Å². The van der Waals surface area contributed by atoms with Crippen LogP contribution >= 0.6 is 11.3 Å². The molecule has 0 spiro atoms. The molecule has 1 aliphatic rings. The highest BCUT2D eigenvalue weighted by Gasteiger charge is 2.29. The van der Waals surface area contributed by atoms with Crippen LogP contribution in [0.4, 0.5) is 10.9 Å². The number of nitrogens with zero attached hydrogens (tertiary/aromatic N) is 4. The van der Waals surface area contributed by atoms with E-state index in [1.165, 1.54) is 12.8 Å². The molecule has 5 nitrogen and oxygen atoms in total. The maximum Gasteiger partial charge on any atom is 0.188 e. The lowest BCUT2D eigenvalue weighted by Crippen LogP contribution is -2.30. The topological polar surface area (TPSA) is 53.9 Å². The lowest BCUT2D eigenvalue weighted by Gasteiger charge is -2.28. The SMILES string of the molecule is Cc1nc(Nc2nccs2)cc([C@@H]2CCCN2C(C)C)n1. The summed E-state index contributed by atoms with van der Waals surface area (Å²) in [7, 11) is 0. The van der Waals surface area contributed by atoms with Crippen LogP contribution in [0.3, 0.4) is 0 Å². The van der Waals surface area contributed by atoms with E-state index < -0.39 is 0 Å². The summed E-state index contributed by atoms with van der Waals surface area (Å²) in [4.78, 5) is 15.9. The van der Waals surface area contributed by atoms with Crippen molar-refractivity contribution in [3.63, 3.8) is 0 Å². The third kappa shape index (κ3) is 3.22. The van der Waals surface area contributed by atoms with Gasteiger partial charge in [-0.2, -0.15) is 0 Å². The Morgan fingerprint density at radius 1 is 1.38 bits per heavy atom. The smallest absolute Gasteiger partial charge is 0.188 e. The second-order valence-corrected chi connectivity index (χ2v) is 6.57. The predicted octanol–water partition coefficient (Wildman–Crippen LogP) is 3.53. The van der Waals surface area contributed by atoms with E-state index in [2.05, 4.69) is 45.1 Å². The number of nitrogens with one attached hydrogen (secondary N) is 1. The van der Waals surface area contributed by atoms with E-state index in [0.717, 1.165) is 29.0 Å². The number of anilines is 2. The Balaban J connectivity index is 1.87. The summed E-state index contributed by atoms with van der Waals surface area (Å²) in [5.74, 6) is 1.64. The zero-order valence-electron chi connectivity index (χ0n) is 12.7. The average molecular weight is 303 g/mol. The molecule has 1 saturated heterocycles. The predicted molar refractivity (Wildman–Crippen MR) is 86.0 cm³/mol. The maximum absolute atomic E-state index is 4.67. The lowest BCUT2D eigenvalue weighted by molar-refractivity contribution is 0.202. The van der Waals surface area contributed by atoms with Crippen LogP contribution in [0.25, 0.3) is 0 Å². The minimum Gasteiger partial charge on any atom is -0.316 e. The van der Waals surface area contributed by atoms with Crippen molar-refractivity contribution >= 4 is 22.3 Å². The van der Waals surface area contributed by atoms with Gasteiger partial charge in [0.15, 0.2) is 5.13 Å². The summed E-state index contributed by atoms with van der Waals surface area (Å²) in [6.45, 7) is 7.61. The molecule has 1 aliphatic heterocycles. The molecular formula is C15H21N5S. The largest absolute Gasteiger partial charge is 0.316 e. The standard InChI is InChI=1S/C15H21N5S/c1-10(2)20-7-4-5-13(20)12-9-14(18-11(3)17-12)19-15-16-6-8-21-15/h6,8-10,13H,4-5,7H2,1-3H3,(H,16,17,18,19)/t13-/m0/s1. The monoisotopic (exact) mass is 303 g/mol. The van der Waals surface area contributed by atoms with Crippen LogP contribution in [0, 0.1) is 6.92 Å². The van der Waals surface area contributed by atoms with E-state index in [0.29, 0.717) is 12.1 Å². The van der Waals surface area contributed by atoms with E-state index in [4.69, 9.17) is 0 Å². The molecule has 3 heterocycles. The van der Waals surface area contributed by atoms with Gasteiger partial charge >= 0.3 is 0 Å². The molecule has 0 radical (unpaired) electrons. The molecule has 0 bridgehead atoms. The van der Waals surface area contributed by atoms with Gasteiger partial charge in [0.25, 0.3) is 0 Å². The van der Waals surface area contributed by atoms with Gasteiger partial charge in [-0.15, -0.1) is 11.3 Å². The van der Waals surface area contributed by atoms with E-state index in [1.807, 2.05) is 12.3 Å². The van der Waals surface area contributed by atoms with Crippen LogP contribution in [0.1, 0.15) is 44.2 Å². The van der Waals surface area contributed by atoms with Gasteiger partial charge in [0.1, 0.15) is 11.6 Å². The van der Waals surface area contributed by atoms with Gasteiger partial charge in [-0.25, -0.2) is 15.0 Å². The summed E-state index contributed by atoms with van der Waals surface area (Å²) in [5.41, 5.74) is 1.12. The Hall–Kier alpha value is -1.53. The van der Waals surface area contributed by atoms with Crippen molar-refractivity contribution in [1.82, 2.24) is 19.9 Å². The molecule has 2 aromatic heterocycles. The van der Waals surface area contributed by atoms with E-state index in [9.17, 15) is 0 Å². The van der Waals surface area contributed by atoms with Crippen molar-refractivity contribution in [1.29, 1.82) is 0 Å². The quantitative estimate of drug-likeness (QED) is 0.936. The molecule has 0 aliphatic carbocycles. The number of thiazole rings is 1. The highest BCUT2D eigenvalue weighted by molar-refractivity contribution is 7.13. The minimum atomic E-state index is 0.406. The Morgan fingerprint density at radius 2 is 2.24 bits per heavy atom. The molecular weight excluding hydrogens is 282 g/mol. The second-order valence-electron chi connectivity index (χ2n) is 5.68. The van der Waals surface area contributed by atoms with Gasteiger partial charge in [0.2, 0.25) is 0 Å². The molecule has 0 unspecified atom stereocenters. The summed E-state index contributed by atoms with van der Waals surface area (Å²) in [5, 5.41) is 6.09. The Labute approximate surface area is 129 Å². The first kappa shape index (κ1) is 14.4. The van der Waals surface area contributed by atoms with E-state index >= 15 is 0 Å². The van der Waals surface area contributed by atoms with Gasteiger partial charge < -0.3 is 5.32 Å². The summed E-state index contributed by atoms with van der Waals surface area (Å²) in [6.07, 6.45) is 4.20. The fourth-order valence-electron chi connectivity index (χ4n) is 2.94. The molecule has 0 amide bonds. The van der Waals surface area contributed by atoms with Gasteiger partial charge in [-0.1, -0.05) is 0 Å². The number of aromatic nitrogens is 3. The number of rotatable bonds is 4. The molecule has 1 N–H and O–H groups in total. The molecule has 112 valence electrons. The molecule has 0 aromatic carbocycles. The van der Waals surface area contributed by atoms with Gasteiger partial charge in [-0.3, -0.25) is 4.90 Å². The van der Waals surface area contributed by atoms with E-state index in [-0.39, 0.29) is 0 Å². The first-order valence-electron chi connectivity index (χ1n) is 7.41. The Bertz CT molecular complexity index is 596. The highest BCUT2D eigenvalue weighted by Crippen LogP contribution is 2.33. The summed E-state index contributed by atoms with van der Waals surface area (Å²) < 4.78 is 0. The molecule has 0 saturated carbocycles. The zero-order chi connectivity index (χ0) is 14.8. The third-order valence-corrected chi connectivity index (χ3v) is 4.51. The summed E-state index contributed by atoms with van der Waals surface area (Å²) in [6, 6.07) is 3.02. The van der Waals surface area contributed by atoms with Gasteiger partial charge in [0.05, 0.1) is 11.7 Å². The minimum absolute atomic E-state index is 0.406. The van der Waals surface area contributed by atoms with Crippen LogP contribution in [-0.4, -0.2) is 32.4 Å². The van der Waals surface area contributed by atoms with Crippen molar-refractivity contribution in [2.45, 2.75) is 45.7 Å². The number of likely N-dealkylation sites (tertiary alicyclic amines) is 1. The second kappa shape index (κ2) is 6.07. The number of hydrogen-bond donors (Lipinski definition) is 1. The highest BCUT2D eigenvalue weighted by atomic mass is 32.1. The Morgan fingerprint density at radius 3 is 2.95 bits per heavy atom. The fourth-order valence-corrected chi connectivity index (χ4v) is 3.48. The fraction of sp³-hybridized carbons (Fsp3) is 0.533. The molecule has 1 atom stereocenters. The average Bonchev–Trinajstić information content (AvgIpc) is 3.08. The normalized spacial score (nSPS) is 19.3. The first-order valence-corrected chi connectivity index (χ1v) is 8.29. The van der Waals surface area contributed by atoms with E-state index in [1.54, 1.807) is 17.5 Å². The number of hydrogen-bond acceptors (Lipinski definition) is 6. The molecule has 6 heteroatoms. The molecule has 1 fully saturated rings. The van der Waals surface area contributed by atoms with Crippen LogP contribution in [-0.2, 0) is 0 Å².